The van der Waals surface area contributed by atoms with Gasteiger partial charge in [-0.3, -0.25) is 19.6 Å². The number of rotatable bonds is 8. The van der Waals surface area contributed by atoms with Crippen molar-refractivity contribution < 1.29 is 9.90 Å². The van der Waals surface area contributed by atoms with E-state index in [2.05, 4.69) is 45.2 Å². The minimum absolute atomic E-state index is 0.0823. The number of aliphatic carboxylic acids is 1. The van der Waals surface area contributed by atoms with Crippen molar-refractivity contribution in [1.82, 2.24) is 19.6 Å². The lowest BCUT2D eigenvalue weighted by Gasteiger charge is -2.44. The van der Waals surface area contributed by atoms with Crippen molar-refractivity contribution in [3.63, 3.8) is 0 Å². The largest absolute Gasteiger partial charge is 0.481 e. The molecule has 1 aromatic heterocycles. The Hall–Kier alpha value is -3.16. The first-order valence-electron chi connectivity index (χ1n) is 15.5. The fraction of sp³-hybridized carbons (Fsp3) is 0.529. The van der Waals surface area contributed by atoms with Gasteiger partial charge in [0.1, 0.15) is 0 Å². The molecule has 2 saturated heterocycles. The van der Waals surface area contributed by atoms with E-state index in [0.717, 1.165) is 88.1 Å². The van der Waals surface area contributed by atoms with Crippen LogP contribution in [0.25, 0.3) is 11.1 Å². The molecule has 0 bridgehead atoms. The topological polar surface area (TPSA) is 81.6 Å². The summed E-state index contributed by atoms with van der Waals surface area (Å²) in [5, 5.41) is 13.3. The number of nitrogens with one attached hydrogen (secondary N) is 1. The Morgan fingerprint density at radius 2 is 1.61 bits per heavy atom. The molecule has 41 heavy (non-hydrogen) atoms. The molecule has 0 spiro atoms. The van der Waals surface area contributed by atoms with Gasteiger partial charge >= 0.3 is 5.97 Å². The highest BCUT2D eigenvalue weighted by Gasteiger charge is 2.46. The molecule has 218 valence electrons. The summed E-state index contributed by atoms with van der Waals surface area (Å²) >= 11 is 0. The van der Waals surface area contributed by atoms with Crippen LogP contribution in [-0.2, 0) is 4.79 Å². The Labute approximate surface area is 243 Å². The van der Waals surface area contributed by atoms with Crippen LogP contribution in [0.3, 0.4) is 0 Å². The number of aromatic nitrogens is 2. The molecule has 0 radical (unpaired) electrons. The molecule has 7 heteroatoms. The number of carboxylic acid groups (broad SMARTS) is 1. The van der Waals surface area contributed by atoms with Crippen LogP contribution in [0.1, 0.15) is 74.6 Å². The summed E-state index contributed by atoms with van der Waals surface area (Å²) in [6, 6.07) is 21.0. The normalized spacial score (nSPS) is 24.0. The SMILES string of the molecule is Cc1[nH]n(C2CCN(CC3CN(C4(CC(=O)O)CCCCC4)CC3c3ccccc3)CC2)c(=O)c1-c1ccccc1. The van der Waals surface area contributed by atoms with E-state index in [1.54, 1.807) is 0 Å². The quantitative estimate of drug-likeness (QED) is 0.373. The monoisotopic (exact) mass is 556 g/mol. The number of carboxylic acids is 1. The van der Waals surface area contributed by atoms with Crippen molar-refractivity contribution in [3.05, 3.63) is 82.3 Å². The van der Waals surface area contributed by atoms with Crippen LogP contribution in [0, 0.1) is 12.8 Å². The Balaban J connectivity index is 1.16. The van der Waals surface area contributed by atoms with E-state index in [-0.39, 0.29) is 23.6 Å². The lowest BCUT2D eigenvalue weighted by atomic mass is 9.78. The highest BCUT2D eigenvalue weighted by atomic mass is 16.4. The van der Waals surface area contributed by atoms with Gasteiger partial charge in [-0.25, -0.2) is 4.68 Å². The fourth-order valence-corrected chi connectivity index (χ4v) is 8.08. The molecule has 3 aromatic rings. The molecular formula is C34H44N4O3. The van der Waals surface area contributed by atoms with Gasteiger partial charge in [0.25, 0.3) is 5.56 Å². The van der Waals surface area contributed by atoms with Crippen molar-refractivity contribution in [2.45, 2.75) is 75.8 Å². The molecule has 6 rings (SSSR count). The summed E-state index contributed by atoms with van der Waals surface area (Å²) in [6.07, 6.45) is 7.60. The second-order valence-corrected chi connectivity index (χ2v) is 12.7. The molecule has 3 aliphatic rings. The first-order chi connectivity index (χ1) is 19.9. The maximum Gasteiger partial charge on any atom is 0.305 e. The van der Waals surface area contributed by atoms with Gasteiger partial charge in [-0.2, -0.15) is 0 Å². The lowest BCUT2D eigenvalue weighted by Crippen LogP contribution is -2.50. The van der Waals surface area contributed by atoms with Gasteiger partial charge in [0.05, 0.1) is 18.0 Å². The van der Waals surface area contributed by atoms with Gasteiger partial charge in [0, 0.05) is 49.9 Å². The van der Waals surface area contributed by atoms with Crippen LogP contribution in [0.4, 0.5) is 0 Å². The maximum atomic E-state index is 13.4. The van der Waals surface area contributed by atoms with Gasteiger partial charge in [-0.15, -0.1) is 0 Å². The van der Waals surface area contributed by atoms with Crippen molar-refractivity contribution in [1.29, 1.82) is 0 Å². The molecule has 2 aliphatic heterocycles. The van der Waals surface area contributed by atoms with Gasteiger partial charge in [0.15, 0.2) is 0 Å². The molecule has 7 nitrogen and oxygen atoms in total. The number of benzene rings is 2. The van der Waals surface area contributed by atoms with Crippen LogP contribution >= 0.6 is 0 Å². The third kappa shape index (κ3) is 5.80. The molecule has 0 amide bonds. The summed E-state index contributed by atoms with van der Waals surface area (Å²) in [5.41, 5.74) is 3.93. The highest BCUT2D eigenvalue weighted by Crippen LogP contribution is 2.44. The predicted molar refractivity (Wildman–Crippen MR) is 162 cm³/mol. The second kappa shape index (κ2) is 12.0. The minimum Gasteiger partial charge on any atom is -0.481 e. The molecule has 1 aliphatic carbocycles. The van der Waals surface area contributed by atoms with E-state index in [4.69, 9.17) is 0 Å². The van der Waals surface area contributed by atoms with E-state index in [1.807, 2.05) is 41.9 Å². The number of piperidine rings is 1. The Kier molecular flexibility index (Phi) is 8.18. The molecule has 2 N–H and O–H groups in total. The Morgan fingerprint density at radius 3 is 2.27 bits per heavy atom. The summed E-state index contributed by atoms with van der Waals surface area (Å²) in [6.45, 7) is 6.84. The van der Waals surface area contributed by atoms with Gasteiger partial charge in [-0.1, -0.05) is 79.9 Å². The third-order valence-electron chi connectivity index (χ3n) is 10.2. The second-order valence-electron chi connectivity index (χ2n) is 12.7. The van der Waals surface area contributed by atoms with Crippen LogP contribution in [0.15, 0.2) is 65.5 Å². The van der Waals surface area contributed by atoms with E-state index in [0.29, 0.717) is 11.8 Å². The van der Waals surface area contributed by atoms with Crippen molar-refractivity contribution in [3.8, 4) is 11.1 Å². The van der Waals surface area contributed by atoms with Crippen LogP contribution in [0.2, 0.25) is 0 Å². The summed E-state index contributed by atoms with van der Waals surface area (Å²) in [7, 11) is 0. The highest BCUT2D eigenvalue weighted by molar-refractivity contribution is 5.68. The zero-order chi connectivity index (χ0) is 28.4. The average molecular weight is 557 g/mol. The number of aromatic amines is 1. The molecule has 3 heterocycles. The predicted octanol–water partition coefficient (Wildman–Crippen LogP) is 5.68. The number of H-pyrrole nitrogens is 1. The number of likely N-dealkylation sites (tertiary alicyclic amines) is 2. The zero-order valence-electron chi connectivity index (χ0n) is 24.3. The number of aryl methyl sites for hydroxylation is 1. The summed E-state index contributed by atoms with van der Waals surface area (Å²) in [5.74, 6) is 0.198. The molecule has 2 unspecified atom stereocenters. The van der Waals surface area contributed by atoms with Gasteiger partial charge in [0.2, 0.25) is 0 Å². The summed E-state index contributed by atoms with van der Waals surface area (Å²) < 4.78 is 1.87. The molecule has 2 atom stereocenters. The average Bonchev–Trinajstić information content (AvgIpc) is 3.55. The Morgan fingerprint density at radius 1 is 0.951 bits per heavy atom. The number of nitrogens with zero attached hydrogens (tertiary/aromatic N) is 3. The minimum atomic E-state index is -0.668. The first-order valence-corrected chi connectivity index (χ1v) is 15.5. The summed E-state index contributed by atoms with van der Waals surface area (Å²) in [4.78, 5) is 30.6. The van der Waals surface area contributed by atoms with Gasteiger partial charge in [-0.05, 0) is 49.7 Å². The third-order valence-corrected chi connectivity index (χ3v) is 10.2. The van der Waals surface area contributed by atoms with Gasteiger partial charge < -0.3 is 10.0 Å². The maximum absolute atomic E-state index is 13.4. The zero-order valence-corrected chi connectivity index (χ0v) is 24.3. The van der Waals surface area contributed by atoms with E-state index in [1.165, 1.54) is 12.0 Å². The number of hydrogen-bond acceptors (Lipinski definition) is 4. The van der Waals surface area contributed by atoms with Crippen molar-refractivity contribution in [2.24, 2.45) is 5.92 Å². The molecular weight excluding hydrogens is 512 g/mol. The van der Waals surface area contributed by atoms with E-state index in [9.17, 15) is 14.7 Å². The smallest absolute Gasteiger partial charge is 0.305 e. The fourth-order valence-electron chi connectivity index (χ4n) is 8.08. The number of carbonyl (C=O) groups is 1. The van der Waals surface area contributed by atoms with Crippen LogP contribution in [0.5, 0.6) is 0 Å². The van der Waals surface area contributed by atoms with Crippen molar-refractivity contribution in [2.75, 3.05) is 32.7 Å². The standard InChI is InChI=1S/C34H44N4O3/c1-25-32(27-13-7-3-8-14-27)33(41)38(35-25)29-15-19-36(20-16-29)22-28-23-37(24-30(28)26-11-5-2-6-12-26)34(21-31(39)40)17-9-4-10-18-34/h2-3,5-8,11-14,28-30,35H,4,9-10,15-24H2,1H3,(H,39,40). The van der Waals surface area contributed by atoms with Crippen LogP contribution < -0.4 is 5.56 Å². The molecule has 3 fully saturated rings. The Bertz CT molecular complexity index is 1370. The van der Waals surface area contributed by atoms with Crippen molar-refractivity contribution >= 4 is 5.97 Å². The van der Waals surface area contributed by atoms with Crippen LogP contribution in [-0.4, -0.2) is 68.9 Å². The molecule has 2 aromatic carbocycles. The lowest BCUT2D eigenvalue weighted by molar-refractivity contribution is -0.141. The number of hydrogen-bond donors (Lipinski definition) is 2. The van der Waals surface area contributed by atoms with E-state index >= 15 is 0 Å². The molecule has 1 saturated carbocycles. The van der Waals surface area contributed by atoms with E-state index < -0.39 is 5.97 Å². The first kappa shape index (κ1) is 28.0.